The van der Waals surface area contributed by atoms with Gasteiger partial charge in [0.2, 0.25) is 0 Å². The van der Waals surface area contributed by atoms with E-state index in [1.54, 1.807) is 18.2 Å². The number of hydrogen-bond acceptors (Lipinski definition) is 3. The molecule has 1 fully saturated rings. The molecule has 2 aromatic rings. The molecule has 4 nitrogen and oxygen atoms in total. The van der Waals surface area contributed by atoms with Crippen LogP contribution in [0, 0.1) is 5.82 Å². The van der Waals surface area contributed by atoms with E-state index in [1.165, 1.54) is 24.4 Å². The van der Waals surface area contributed by atoms with Crippen LogP contribution in [0.15, 0.2) is 42.6 Å². The highest BCUT2D eigenvalue weighted by molar-refractivity contribution is 5.94. The highest BCUT2D eigenvalue weighted by atomic mass is 19.4. The molecule has 1 heterocycles. The average Bonchev–Trinajstić information content (AvgIpc) is 2.63. The summed E-state index contributed by atoms with van der Waals surface area (Å²) in [7, 11) is 0. The molecule has 3 rings (SSSR count). The number of pyridine rings is 1. The van der Waals surface area contributed by atoms with Crippen molar-refractivity contribution in [1.29, 1.82) is 0 Å². The van der Waals surface area contributed by atoms with Crippen LogP contribution >= 0.6 is 0 Å². The fourth-order valence-corrected chi connectivity index (χ4v) is 3.14. The third-order valence-electron chi connectivity index (χ3n) is 4.82. The predicted octanol–water partition coefficient (Wildman–Crippen LogP) is 3.85. The Kier molecular flexibility index (Phi) is 5.19. The summed E-state index contributed by atoms with van der Waals surface area (Å²) in [5.41, 5.74) is -1.35. The van der Waals surface area contributed by atoms with Gasteiger partial charge < -0.3 is 10.4 Å². The molecule has 0 aliphatic heterocycles. The summed E-state index contributed by atoms with van der Waals surface area (Å²) in [6.07, 6.45) is -4.15. The number of rotatable bonds is 3. The maximum atomic E-state index is 13.3. The van der Waals surface area contributed by atoms with Gasteiger partial charge in [-0.25, -0.2) is 4.39 Å². The summed E-state index contributed by atoms with van der Waals surface area (Å²) in [6.45, 7) is 0. The largest absolute Gasteiger partial charge is 0.417 e. The van der Waals surface area contributed by atoms with E-state index in [4.69, 9.17) is 0 Å². The Hall–Kier alpha value is -2.48. The van der Waals surface area contributed by atoms with Crippen molar-refractivity contribution in [3.05, 3.63) is 54.0 Å². The summed E-state index contributed by atoms with van der Waals surface area (Å²) in [4.78, 5) is 16.4. The number of carbonyl (C=O) groups excluding carboxylic acids is 1. The molecule has 0 radical (unpaired) electrons. The van der Waals surface area contributed by atoms with Crippen LogP contribution in [0.3, 0.4) is 0 Å². The van der Waals surface area contributed by atoms with Crippen molar-refractivity contribution >= 4 is 5.91 Å². The highest BCUT2D eigenvalue weighted by Gasteiger charge is 2.54. The van der Waals surface area contributed by atoms with E-state index in [0.717, 1.165) is 0 Å². The Morgan fingerprint density at radius 3 is 2.44 bits per heavy atom. The van der Waals surface area contributed by atoms with Gasteiger partial charge in [-0.3, -0.25) is 9.78 Å². The zero-order chi connectivity index (χ0) is 19.7. The Morgan fingerprint density at radius 2 is 1.89 bits per heavy atom. The monoisotopic (exact) mass is 382 g/mol. The normalized spacial score (nSPS) is 23.1. The first kappa shape index (κ1) is 19.3. The molecule has 1 aromatic heterocycles. The molecule has 1 aliphatic carbocycles. The molecule has 1 saturated carbocycles. The predicted molar refractivity (Wildman–Crippen MR) is 90.4 cm³/mol. The standard InChI is InChI=1S/C19H18F4N2O2/c20-14-3-1-2-12(10-14)16-5-4-13(11-24-16)17(26)25-15-6-8-18(27,9-7-15)19(21,22)23/h1-5,10-11,15,27H,6-9H2,(H,25,26)/t15-,18-. The molecular formula is C19H18F4N2O2. The maximum absolute atomic E-state index is 13.3. The molecule has 8 heteroatoms. The molecule has 0 spiro atoms. The van der Waals surface area contributed by atoms with E-state index in [0.29, 0.717) is 11.3 Å². The van der Waals surface area contributed by atoms with Gasteiger partial charge in [-0.05, 0) is 49.9 Å². The summed E-state index contributed by atoms with van der Waals surface area (Å²) < 4.78 is 51.7. The van der Waals surface area contributed by atoms with Crippen LogP contribution in [-0.4, -0.2) is 33.8 Å². The zero-order valence-electron chi connectivity index (χ0n) is 14.3. The van der Waals surface area contributed by atoms with Crippen LogP contribution in [0.4, 0.5) is 17.6 Å². The minimum atomic E-state index is -4.67. The molecule has 1 aromatic carbocycles. The van der Waals surface area contributed by atoms with Crippen molar-refractivity contribution in [3.8, 4) is 11.3 Å². The first-order valence-corrected chi connectivity index (χ1v) is 8.50. The van der Waals surface area contributed by atoms with Gasteiger partial charge in [0.05, 0.1) is 11.3 Å². The van der Waals surface area contributed by atoms with Gasteiger partial charge in [-0.1, -0.05) is 12.1 Å². The van der Waals surface area contributed by atoms with Gasteiger partial charge in [-0.15, -0.1) is 0 Å². The van der Waals surface area contributed by atoms with E-state index in [2.05, 4.69) is 10.3 Å². The number of benzene rings is 1. The fourth-order valence-electron chi connectivity index (χ4n) is 3.14. The number of carbonyl (C=O) groups is 1. The number of aromatic nitrogens is 1. The second-order valence-corrected chi connectivity index (χ2v) is 6.72. The van der Waals surface area contributed by atoms with E-state index in [-0.39, 0.29) is 18.4 Å². The summed E-state index contributed by atoms with van der Waals surface area (Å²) in [6, 6.07) is 8.54. The van der Waals surface area contributed by atoms with E-state index in [1.807, 2.05) is 0 Å². The molecular weight excluding hydrogens is 364 g/mol. The van der Waals surface area contributed by atoms with Crippen molar-refractivity contribution < 1.29 is 27.5 Å². The second kappa shape index (κ2) is 7.26. The van der Waals surface area contributed by atoms with Gasteiger partial charge in [0.1, 0.15) is 5.82 Å². The Morgan fingerprint density at radius 1 is 1.19 bits per heavy atom. The van der Waals surface area contributed by atoms with Crippen LogP contribution in [-0.2, 0) is 0 Å². The number of aliphatic hydroxyl groups is 1. The van der Waals surface area contributed by atoms with Crippen LogP contribution in [0.25, 0.3) is 11.3 Å². The first-order valence-electron chi connectivity index (χ1n) is 8.50. The minimum Gasteiger partial charge on any atom is -0.380 e. The highest BCUT2D eigenvalue weighted by Crippen LogP contribution is 2.41. The number of alkyl halides is 3. The summed E-state index contributed by atoms with van der Waals surface area (Å²) in [5, 5.41) is 12.3. The topological polar surface area (TPSA) is 62.2 Å². The molecule has 0 saturated heterocycles. The third kappa shape index (κ3) is 4.27. The summed E-state index contributed by atoms with van der Waals surface area (Å²) >= 11 is 0. The van der Waals surface area contributed by atoms with Crippen LogP contribution in [0.5, 0.6) is 0 Å². The lowest BCUT2D eigenvalue weighted by molar-refractivity contribution is -0.270. The molecule has 1 aliphatic rings. The van der Waals surface area contributed by atoms with Crippen LogP contribution in [0.1, 0.15) is 36.0 Å². The average molecular weight is 382 g/mol. The minimum absolute atomic E-state index is 0.0382. The van der Waals surface area contributed by atoms with Gasteiger partial charge in [0, 0.05) is 17.8 Å². The Labute approximate surface area is 153 Å². The Bertz CT molecular complexity index is 813. The first-order chi connectivity index (χ1) is 12.7. The molecule has 0 atom stereocenters. The van der Waals surface area contributed by atoms with Gasteiger partial charge in [0.25, 0.3) is 5.91 Å². The zero-order valence-corrected chi connectivity index (χ0v) is 14.3. The van der Waals surface area contributed by atoms with E-state index < -0.39 is 42.4 Å². The van der Waals surface area contributed by atoms with Crippen molar-refractivity contribution in [2.75, 3.05) is 0 Å². The fraction of sp³-hybridized carbons (Fsp3) is 0.368. The smallest absolute Gasteiger partial charge is 0.380 e. The van der Waals surface area contributed by atoms with Crippen molar-refractivity contribution in [2.24, 2.45) is 0 Å². The van der Waals surface area contributed by atoms with Gasteiger partial charge in [0.15, 0.2) is 5.60 Å². The van der Waals surface area contributed by atoms with Crippen molar-refractivity contribution in [1.82, 2.24) is 10.3 Å². The lowest BCUT2D eigenvalue weighted by Gasteiger charge is -2.37. The molecule has 0 bridgehead atoms. The molecule has 1 amide bonds. The lowest BCUT2D eigenvalue weighted by Crippen LogP contribution is -2.51. The SMILES string of the molecule is O=C(N[C@H]1CC[C@@](O)(C(F)(F)F)CC1)c1ccc(-c2cccc(F)c2)nc1. The third-order valence-corrected chi connectivity index (χ3v) is 4.82. The molecule has 144 valence electrons. The molecule has 0 unspecified atom stereocenters. The second-order valence-electron chi connectivity index (χ2n) is 6.72. The van der Waals surface area contributed by atoms with Gasteiger partial charge in [-0.2, -0.15) is 13.2 Å². The van der Waals surface area contributed by atoms with Crippen molar-refractivity contribution in [3.63, 3.8) is 0 Å². The lowest BCUT2D eigenvalue weighted by atomic mass is 9.81. The van der Waals surface area contributed by atoms with E-state index >= 15 is 0 Å². The number of hydrogen-bond donors (Lipinski definition) is 2. The summed E-state index contributed by atoms with van der Waals surface area (Å²) in [5.74, 6) is -0.844. The molecule has 27 heavy (non-hydrogen) atoms. The number of nitrogens with one attached hydrogen (secondary N) is 1. The number of amides is 1. The molecule has 2 N–H and O–H groups in total. The maximum Gasteiger partial charge on any atom is 0.417 e. The number of nitrogens with zero attached hydrogens (tertiary/aromatic N) is 1. The van der Waals surface area contributed by atoms with Crippen LogP contribution < -0.4 is 5.32 Å². The quantitative estimate of drug-likeness (QED) is 0.793. The van der Waals surface area contributed by atoms with E-state index in [9.17, 15) is 27.5 Å². The Balaban J connectivity index is 1.61. The van der Waals surface area contributed by atoms with Gasteiger partial charge >= 0.3 is 6.18 Å². The van der Waals surface area contributed by atoms with Crippen LogP contribution in [0.2, 0.25) is 0 Å². The number of halogens is 4. The van der Waals surface area contributed by atoms with Crippen molar-refractivity contribution in [2.45, 2.75) is 43.5 Å².